The van der Waals surface area contributed by atoms with Crippen molar-refractivity contribution in [1.29, 1.82) is 0 Å². The van der Waals surface area contributed by atoms with E-state index < -0.39 is 17.4 Å². The van der Waals surface area contributed by atoms with E-state index in [1.54, 1.807) is 0 Å². The number of benzene rings is 2. The lowest BCUT2D eigenvalue weighted by atomic mass is 10.1. The normalized spacial score (nSPS) is 11.1. The first kappa shape index (κ1) is 16.6. The highest BCUT2D eigenvalue weighted by atomic mass is 79.9. The lowest BCUT2D eigenvalue weighted by Gasteiger charge is -2.06. The van der Waals surface area contributed by atoms with E-state index in [1.807, 2.05) is 0 Å². The lowest BCUT2D eigenvalue weighted by molar-refractivity contribution is 0.104. The quantitative estimate of drug-likeness (QED) is 0.415. The van der Waals surface area contributed by atoms with Crippen molar-refractivity contribution in [2.45, 2.75) is 0 Å². The number of halogens is 4. The summed E-state index contributed by atoms with van der Waals surface area (Å²) < 4.78 is 26.8. The average Bonchev–Trinajstić information content (AvgIpc) is 2.46. The van der Waals surface area contributed by atoms with E-state index in [9.17, 15) is 23.8 Å². The third-order valence-corrected chi connectivity index (χ3v) is 4.91. The van der Waals surface area contributed by atoms with Crippen LogP contribution in [0, 0.1) is 11.6 Å². The Morgan fingerprint density at radius 2 is 1.59 bits per heavy atom. The third kappa shape index (κ3) is 3.53. The van der Waals surface area contributed by atoms with Crippen molar-refractivity contribution in [2.75, 3.05) is 0 Å². The van der Waals surface area contributed by atoms with Crippen LogP contribution >= 0.6 is 31.9 Å². The number of ketones is 1. The van der Waals surface area contributed by atoms with Crippen molar-refractivity contribution in [3.63, 3.8) is 0 Å². The molecule has 2 aromatic rings. The van der Waals surface area contributed by atoms with E-state index in [1.165, 1.54) is 12.1 Å². The Morgan fingerprint density at radius 3 is 2.18 bits per heavy atom. The summed E-state index contributed by atoms with van der Waals surface area (Å²) in [4.78, 5) is 11.9. The minimum atomic E-state index is -0.844. The fourth-order valence-electron chi connectivity index (χ4n) is 1.70. The first-order chi connectivity index (χ1) is 10.3. The maximum Gasteiger partial charge on any atom is 0.186 e. The molecule has 0 saturated carbocycles. The maximum absolute atomic E-state index is 13.1. The van der Waals surface area contributed by atoms with Gasteiger partial charge in [0.25, 0.3) is 0 Å². The second kappa shape index (κ2) is 6.58. The Balaban J connectivity index is 2.34. The van der Waals surface area contributed by atoms with Gasteiger partial charge in [-0.15, -0.1) is 0 Å². The van der Waals surface area contributed by atoms with Gasteiger partial charge < -0.3 is 10.2 Å². The molecule has 0 radical (unpaired) electrons. The molecule has 0 heterocycles. The van der Waals surface area contributed by atoms with Gasteiger partial charge in [-0.05, 0) is 67.8 Å². The summed E-state index contributed by atoms with van der Waals surface area (Å²) in [5.74, 6) is -3.01. The monoisotopic (exact) mass is 432 g/mol. The van der Waals surface area contributed by atoms with E-state index in [4.69, 9.17) is 0 Å². The summed E-state index contributed by atoms with van der Waals surface area (Å²) in [6.07, 6.45) is 2.45. The van der Waals surface area contributed by atoms with Crippen LogP contribution in [-0.2, 0) is 0 Å². The molecular weight excluding hydrogens is 426 g/mol. The van der Waals surface area contributed by atoms with Crippen LogP contribution in [0.2, 0.25) is 0 Å². The van der Waals surface area contributed by atoms with Crippen molar-refractivity contribution >= 4 is 43.7 Å². The number of hydrogen-bond donors (Lipinski definition) is 2. The molecule has 3 nitrogen and oxygen atoms in total. The van der Waals surface area contributed by atoms with Crippen LogP contribution in [0.15, 0.2) is 39.3 Å². The second-order valence-corrected chi connectivity index (χ2v) is 5.90. The largest absolute Gasteiger partial charge is 0.504 e. The molecule has 2 rings (SSSR count). The predicted molar refractivity (Wildman–Crippen MR) is 84.9 cm³/mol. The molecule has 0 aliphatic heterocycles. The van der Waals surface area contributed by atoms with Gasteiger partial charge in [0, 0.05) is 16.1 Å². The molecule has 2 N–H and O–H groups in total. The van der Waals surface area contributed by atoms with Gasteiger partial charge in [-0.25, -0.2) is 8.78 Å². The smallest absolute Gasteiger partial charge is 0.186 e. The van der Waals surface area contributed by atoms with Gasteiger partial charge in [0.15, 0.2) is 17.3 Å². The Hall–Kier alpha value is -1.73. The van der Waals surface area contributed by atoms with Gasteiger partial charge in [0.05, 0.1) is 4.47 Å². The first-order valence-corrected chi connectivity index (χ1v) is 7.46. The van der Waals surface area contributed by atoms with Crippen LogP contribution in [0.4, 0.5) is 8.78 Å². The topological polar surface area (TPSA) is 57.5 Å². The standard InChI is InChI=1S/C15H8Br2F2O3/c16-13-7(5-12(21)15(22)14(13)17)1-2-11(20)8-3-9(18)6-10(19)4-8/h1-6,21-22H/b2-1+. The van der Waals surface area contributed by atoms with Gasteiger partial charge in [-0.3, -0.25) is 4.79 Å². The van der Waals surface area contributed by atoms with Gasteiger partial charge >= 0.3 is 0 Å². The first-order valence-electron chi connectivity index (χ1n) is 5.88. The molecule has 0 aromatic heterocycles. The minimum absolute atomic E-state index is 0.132. The Kier molecular flexibility index (Phi) is 4.97. The predicted octanol–water partition coefficient (Wildman–Crippen LogP) is 4.80. The summed E-state index contributed by atoms with van der Waals surface area (Å²) in [5.41, 5.74) is 0.263. The summed E-state index contributed by atoms with van der Waals surface area (Å²) in [5, 5.41) is 19.1. The molecule has 114 valence electrons. The van der Waals surface area contributed by atoms with E-state index >= 15 is 0 Å². The molecule has 0 aliphatic rings. The van der Waals surface area contributed by atoms with Crippen LogP contribution in [0.25, 0.3) is 6.08 Å². The number of hydrogen-bond acceptors (Lipinski definition) is 3. The fraction of sp³-hybridized carbons (Fsp3) is 0. The molecule has 0 saturated heterocycles. The van der Waals surface area contributed by atoms with E-state index in [0.29, 0.717) is 16.1 Å². The number of rotatable bonds is 3. The summed E-state index contributed by atoms with van der Waals surface area (Å²) in [6.45, 7) is 0. The minimum Gasteiger partial charge on any atom is -0.504 e. The SMILES string of the molecule is O=C(/C=C/c1cc(O)c(O)c(Br)c1Br)c1cc(F)cc(F)c1. The molecule has 0 aliphatic carbocycles. The molecule has 0 atom stereocenters. The number of phenols is 2. The van der Waals surface area contributed by atoms with Crippen molar-refractivity contribution < 1.29 is 23.8 Å². The average molecular weight is 434 g/mol. The van der Waals surface area contributed by atoms with Crippen molar-refractivity contribution in [3.05, 3.63) is 62.0 Å². The van der Waals surface area contributed by atoms with Gasteiger partial charge in [0.1, 0.15) is 11.6 Å². The van der Waals surface area contributed by atoms with Crippen molar-refractivity contribution in [2.24, 2.45) is 0 Å². The van der Waals surface area contributed by atoms with Crippen LogP contribution in [0.5, 0.6) is 11.5 Å². The number of carbonyl (C=O) groups excluding carboxylic acids is 1. The van der Waals surface area contributed by atoms with E-state index in [-0.39, 0.29) is 21.5 Å². The molecule has 0 spiro atoms. The molecule has 22 heavy (non-hydrogen) atoms. The molecule has 0 unspecified atom stereocenters. The second-order valence-electron chi connectivity index (χ2n) is 4.32. The van der Waals surface area contributed by atoms with Gasteiger partial charge in [-0.1, -0.05) is 0 Å². The van der Waals surface area contributed by atoms with Gasteiger partial charge in [-0.2, -0.15) is 0 Å². The van der Waals surface area contributed by atoms with Crippen molar-refractivity contribution in [1.82, 2.24) is 0 Å². The molecule has 7 heteroatoms. The molecular formula is C15H8Br2F2O3. The Labute approximate surface area is 141 Å². The van der Waals surface area contributed by atoms with Crippen LogP contribution in [-0.4, -0.2) is 16.0 Å². The Morgan fingerprint density at radius 1 is 1.00 bits per heavy atom. The molecule has 0 fully saturated rings. The van der Waals surface area contributed by atoms with Crippen LogP contribution in [0.3, 0.4) is 0 Å². The number of phenolic OH excluding ortho intramolecular Hbond substituents is 2. The summed E-state index contributed by atoms with van der Waals surface area (Å²) >= 11 is 6.27. The Bertz CT molecular complexity index is 769. The van der Waals surface area contributed by atoms with E-state index in [2.05, 4.69) is 31.9 Å². The summed E-state index contributed by atoms with van der Waals surface area (Å²) in [7, 11) is 0. The third-order valence-electron chi connectivity index (χ3n) is 2.75. The zero-order valence-corrected chi connectivity index (χ0v) is 14.0. The van der Waals surface area contributed by atoms with Crippen LogP contribution < -0.4 is 0 Å². The number of allylic oxidation sites excluding steroid dienone is 1. The highest BCUT2D eigenvalue weighted by Crippen LogP contribution is 2.41. The summed E-state index contributed by atoms with van der Waals surface area (Å²) in [6, 6.07) is 3.76. The molecule has 2 aromatic carbocycles. The van der Waals surface area contributed by atoms with Crippen molar-refractivity contribution in [3.8, 4) is 11.5 Å². The van der Waals surface area contributed by atoms with Crippen LogP contribution in [0.1, 0.15) is 15.9 Å². The van der Waals surface area contributed by atoms with E-state index in [0.717, 1.165) is 18.2 Å². The van der Waals surface area contributed by atoms with Gasteiger partial charge in [0.2, 0.25) is 0 Å². The number of carbonyl (C=O) groups is 1. The molecule has 0 bridgehead atoms. The zero-order chi connectivity index (χ0) is 16.4. The maximum atomic E-state index is 13.1. The highest BCUT2D eigenvalue weighted by Gasteiger charge is 2.13. The number of aromatic hydroxyl groups is 2. The molecule has 0 amide bonds. The fourth-order valence-corrected chi connectivity index (χ4v) is 2.57. The highest BCUT2D eigenvalue weighted by molar-refractivity contribution is 9.13. The lowest BCUT2D eigenvalue weighted by Crippen LogP contribution is -1.96. The zero-order valence-electron chi connectivity index (χ0n) is 10.8.